The molecule has 3 aromatic heterocycles. The van der Waals surface area contributed by atoms with Crippen LogP contribution < -0.4 is 15.8 Å². The quantitative estimate of drug-likeness (QED) is 0.287. The van der Waals surface area contributed by atoms with Crippen molar-refractivity contribution < 1.29 is 27.5 Å². The number of nitrogen functional groups attached to an aromatic ring is 1. The summed E-state index contributed by atoms with van der Waals surface area (Å²) in [6.45, 7) is 6.51. The van der Waals surface area contributed by atoms with Gasteiger partial charge in [-0.25, -0.2) is 15.0 Å². The maximum Gasteiger partial charge on any atom is 0.416 e. The number of likely N-dealkylation sites (N-methyl/N-ethyl adjacent to an activating group) is 1. The Labute approximate surface area is 268 Å². The van der Waals surface area contributed by atoms with Gasteiger partial charge in [0.25, 0.3) is 5.91 Å². The molecule has 1 spiro atoms. The molecule has 7 rings (SSSR count). The number of hydrogen-bond acceptors (Lipinski definition) is 8. The van der Waals surface area contributed by atoms with E-state index in [4.69, 9.17) is 15.5 Å². The van der Waals surface area contributed by atoms with Crippen LogP contribution in [0.2, 0.25) is 0 Å². The largest absolute Gasteiger partial charge is 0.493 e. The Hall–Kier alpha value is -4.72. The molecular weight excluding hydrogens is 613 g/mol. The number of anilines is 2. The van der Waals surface area contributed by atoms with E-state index in [0.29, 0.717) is 29.1 Å². The molecule has 0 radical (unpaired) electrons. The number of nitrogens with zero attached hydrogens (tertiary/aromatic N) is 6. The van der Waals surface area contributed by atoms with Gasteiger partial charge in [-0.3, -0.25) is 18.9 Å². The van der Waals surface area contributed by atoms with Crippen LogP contribution in [0.15, 0.2) is 48.9 Å². The molecule has 4 aromatic rings. The number of pyridine rings is 1. The zero-order valence-corrected chi connectivity index (χ0v) is 26.0. The van der Waals surface area contributed by atoms with E-state index >= 15 is 0 Å². The molecule has 3 aliphatic rings. The van der Waals surface area contributed by atoms with E-state index in [1.807, 2.05) is 10.6 Å². The van der Waals surface area contributed by atoms with Crippen LogP contribution in [0.5, 0.6) is 5.75 Å². The van der Waals surface area contributed by atoms with Gasteiger partial charge in [-0.2, -0.15) is 13.2 Å². The molecule has 1 saturated carbocycles. The third kappa shape index (κ3) is 5.33. The molecule has 3 N–H and O–H groups in total. The van der Waals surface area contributed by atoms with Crippen molar-refractivity contribution in [2.24, 2.45) is 0 Å². The smallest absolute Gasteiger partial charge is 0.416 e. The van der Waals surface area contributed by atoms with Gasteiger partial charge in [0.1, 0.15) is 40.0 Å². The van der Waals surface area contributed by atoms with Crippen LogP contribution in [0.1, 0.15) is 67.2 Å². The van der Waals surface area contributed by atoms with E-state index in [0.717, 1.165) is 62.9 Å². The fourth-order valence-corrected chi connectivity index (χ4v) is 7.15. The van der Waals surface area contributed by atoms with E-state index < -0.39 is 17.6 Å². The standard InChI is InChI=1S/C33H35F3N8O3/c1-3-42-18-22-7-5-20(17-44(22)31(46)32(42)10-11-32)29-41-26(27-28(37)39-13-14-43(27)29)23-8-6-19(15-24(23)47-4-2)30(45)40-25-16-21(9-12-38-25)33(34,35)36/h6,8-9,12-16,20,22H,3-5,7,10-11,17-18H2,1-2H3,(H2,37,39)(H,38,40,45)/t20-,22+/m1/s1. The summed E-state index contributed by atoms with van der Waals surface area (Å²) in [5, 5.41) is 2.44. The molecule has 2 saturated heterocycles. The first-order chi connectivity index (χ1) is 22.5. The number of hydrogen-bond donors (Lipinski definition) is 2. The number of alkyl halides is 3. The predicted molar refractivity (Wildman–Crippen MR) is 168 cm³/mol. The van der Waals surface area contributed by atoms with Gasteiger partial charge in [-0.1, -0.05) is 6.92 Å². The Morgan fingerprint density at radius 3 is 2.64 bits per heavy atom. The van der Waals surface area contributed by atoms with E-state index in [2.05, 4.69) is 32.0 Å². The lowest BCUT2D eigenvalue weighted by Crippen LogP contribution is -2.65. The van der Waals surface area contributed by atoms with Gasteiger partial charge in [0, 0.05) is 54.8 Å². The molecular formula is C33H35F3N8O3. The summed E-state index contributed by atoms with van der Waals surface area (Å²) < 4.78 is 47.4. The highest BCUT2D eigenvalue weighted by atomic mass is 19.4. The van der Waals surface area contributed by atoms with Crippen LogP contribution in [0.3, 0.4) is 0 Å². The number of benzene rings is 1. The Morgan fingerprint density at radius 1 is 1.11 bits per heavy atom. The van der Waals surface area contributed by atoms with Crippen molar-refractivity contribution in [3.63, 3.8) is 0 Å². The Morgan fingerprint density at radius 2 is 1.91 bits per heavy atom. The Bertz CT molecular complexity index is 1870. The minimum Gasteiger partial charge on any atom is -0.493 e. The molecule has 2 amide bonds. The van der Waals surface area contributed by atoms with Crippen molar-refractivity contribution in [3.05, 3.63) is 65.9 Å². The highest BCUT2D eigenvalue weighted by Crippen LogP contribution is 2.48. The third-order valence-corrected chi connectivity index (χ3v) is 9.61. The fourth-order valence-electron chi connectivity index (χ4n) is 7.15. The molecule has 2 aliphatic heterocycles. The lowest BCUT2D eigenvalue weighted by Gasteiger charge is -2.49. The SMILES string of the molecule is CCOc1cc(C(=O)Nc2cc(C(F)(F)F)ccn2)ccc1-c1nc([C@@H]2CC[C@H]3CN(CC)C4(CC4)C(=O)N3C2)n2ccnc(N)c12. The van der Waals surface area contributed by atoms with E-state index in [9.17, 15) is 22.8 Å². The second-order valence-corrected chi connectivity index (χ2v) is 12.3. The summed E-state index contributed by atoms with van der Waals surface area (Å²) in [6, 6.07) is 6.53. The van der Waals surface area contributed by atoms with Crippen LogP contribution >= 0.6 is 0 Å². The molecule has 14 heteroatoms. The number of carbonyl (C=O) groups is 2. The number of nitrogens with two attached hydrogens (primary N) is 1. The fraction of sp³-hybridized carbons (Fsp3) is 0.424. The second kappa shape index (κ2) is 11.5. The summed E-state index contributed by atoms with van der Waals surface area (Å²) in [5.41, 5.74) is 6.99. The van der Waals surface area contributed by atoms with Crippen LogP contribution in [-0.4, -0.2) is 78.8 Å². The van der Waals surface area contributed by atoms with Crippen LogP contribution in [0.25, 0.3) is 16.8 Å². The van der Waals surface area contributed by atoms with Crippen molar-refractivity contribution in [1.82, 2.24) is 29.2 Å². The van der Waals surface area contributed by atoms with Gasteiger partial charge in [0.05, 0.1) is 12.2 Å². The lowest BCUT2D eigenvalue weighted by atomic mass is 9.88. The molecule has 0 bridgehead atoms. The second-order valence-electron chi connectivity index (χ2n) is 12.3. The van der Waals surface area contributed by atoms with Crippen molar-refractivity contribution in [3.8, 4) is 17.0 Å². The topological polar surface area (TPSA) is 131 Å². The van der Waals surface area contributed by atoms with Gasteiger partial charge in [0.2, 0.25) is 5.91 Å². The third-order valence-electron chi connectivity index (χ3n) is 9.61. The number of amides is 2. The highest BCUT2D eigenvalue weighted by Gasteiger charge is 2.60. The van der Waals surface area contributed by atoms with Gasteiger partial charge in [-0.15, -0.1) is 0 Å². The number of aromatic nitrogens is 4. The summed E-state index contributed by atoms with van der Waals surface area (Å²) in [6.07, 6.45) is 3.36. The molecule has 5 heterocycles. The zero-order chi connectivity index (χ0) is 33.1. The number of piperazine rings is 1. The maximum absolute atomic E-state index is 13.7. The molecule has 1 aromatic carbocycles. The lowest BCUT2D eigenvalue weighted by molar-refractivity contribution is -0.151. The highest BCUT2D eigenvalue weighted by molar-refractivity contribution is 6.04. The summed E-state index contributed by atoms with van der Waals surface area (Å²) in [4.78, 5) is 44.6. The van der Waals surface area contributed by atoms with E-state index in [1.165, 1.54) is 6.07 Å². The first kappa shape index (κ1) is 30.9. The first-order valence-electron chi connectivity index (χ1n) is 15.8. The minimum absolute atomic E-state index is 0.0391. The molecule has 0 unspecified atom stereocenters. The molecule has 2 atom stereocenters. The Kier molecular flexibility index (Phi) is 7.57. The Balaban J connectivity index is 1.21. The monoisotopic (exact) mass is 648 g/mol. The summed E-state index contributed by atoms with van der Waals surface area (Å²) >= 11 is 0. The van der Waals surface area contributed by atoms with E-state index in [1.54, 1.807) is 25.3 Å². The number of fused-ring (bicyclic) bond motifs is 2. The van der Waals surface area contributed by atoms with Gasteiger partial charge >= 0.3 is 6.18 Å². The van der Waals surface area contributed by atoms with Crippen LogP contribution in [0, 0.1) is 0 Å². The number of carbonyl (C=O) groups excluding carboxylic acids is 2. The van der Waals surface area contributed by atoms with Crippen molar-refractivity contribution >= 4 is 29.0 Å². The first-order valence-corrected chi connectivity index (χ1v) is 15.8. The minimum atomic E-state index is -4.58. The van der Waals surface area contributed by atoms with Crippen LogP contribution in [-0.2, 0) is 11.0 Å². The number of ether oxygens (including phenoxy) is 1. The average molecular weight is 649 g/mol. The van der Waals surface area contributed by atoms with Crippen molar-refractivity contribution in [2.75, 3.05) is 37.3 Å². The zero-order valence-electron chi connectivity index (χ0n) is 26.0. The summed E-state index contributed by atoms with van der Waals surface area (Å²) in [7, 11) is 0. The number of imidazole rings is 1. The number of nitrogens with one attached hydrogen (secondary N) is 1. The average Bonchev–Trinajstić information content (AvgIpc) is 3.76. The number of halogens is 3. The maximum atomic E-state index is 13.7. The van der Waals surface area contributed by atoms with Gasteiger partial charge in [0.15, 0.2) is 0 Å². The molecule has 11 nitrogen and oxygen atoms in total. The van der Waals surface area contributed by atoms with Crippen LogP contribution in [0.4, 0.5) is 24.8 Å². The molecule has 246 valence electrons. The number of piperidine rings is 1. The van der Waals surface area contributed by atoms with Gasteiger partial charge < -0.3 is 20.7 Å². The number of rotatable bonds is 7. The van der Waals surface area contributed by atoms with Crippen molar-refractivity contribution in [2.45, 2.75) is 63.2 Å². The van der Waals surface area contributed by atoms with Gasteiger partial charge in [-0.05, 0) is 69.5 Å². The molecule has 47 heavy (non-hydrogen) atoms. The molecule has 3 fully saturated rings. The normalized spacial score (nSPS) is 20.8. The van der Waals surface area contributed by atoms with Crippen molar-refractivity contribution in [1.29, 1.82) is 0 Å². The molecule has 1 aliphatic carbocycles. The van der Waals surface area contributed by atoms with E-state index in [-0.39, 0.29) is 47.2 Å². The predicted octanol–water partition coefficient (Wildman–Crippen LogP) is 4.99. The summed E-state index contributed by atoms with van der Waals surface area (Å²) in [5.74, 6) is 0.666.